The molecule has 0 amide bonds. The van der Waals surface area contributed by atoms with Crippen LogP contribution in [0.4, 0.5) is 0 Å². The molecule has 0 spiro atoms. The van der Waals surface area contributed by atoms with Crippen LogP contribution in [-0.2, 0) is 10.8 Å². The zero-order valence-electron chi connectivity index (χ0n) is 13.4. The fraction of sp³-hybridized carbons (Fsp3) is 1.00. The van der Waals surface area contributed by atoms with Gasteiger partial charge in [-0.05, 0) is 50.0 Å². The molecule has 0 aromatic rings. The Bertz CT molecular complexity index is 278. The summed E-state index contributed by atoms with van der Waals surface area (Å²) in [7, 11) is -0.670. The molecule has 114 valence electrons. The highest BCUT2D eigenvalue weighted by atomic mass is 32.2. The van der Waals surface area contributed by atoms with E-state index in [1.165, 1.54) is 12.8 Å². The second-order valence-electron chi connectivity index (χ2n) is 6.86. The van der Waals surface area contributed by atoms with Gasteiger partial charge in [-0.3, -0.25) is 4.21 Å². The van der Waals surface area contributed by atoms with Crippen LogP contribution >= 0.6 is 0 Å². The molecule has 19 heavy (non-hydrogen) atoms. The molecular formula is C16H33NOS. The minimum Gasteiger partial charge on any atom is -0.313 e. The SMILES string of the molecule is CCCNC1CCC(C(C)C)CC1S(=O)CC(C)C. The Hall–Kier alpha value is 0.110. The molecule has 0 saturated heterocycles. The first kappa shape index (κ1) is 17.2. The van der Waals surface area contributed by atoms with Gasteiger partial charge in [0.15, 0.2) is 0 Å². The third-order valence-corrected chi connectivity index (χ3v) is 6.46. The van der Waals surface area contributed by atoms with Crippen molar-refractivity contribution in [3.63, 3.8) is 0 Å². The van der Waals surface area contributed by atoms with Crippen LogP contribution in [-0.4, -0.2) is 27.8 Å². The molecule has 1 saturated carbocycles. The summed E-state index contributed by atoms with van der Waals surface area (Å²) in [5.41, 5.74) is 0. The van der Waals surface area contributed by atoms with Crippen LogP contribution in [0, 0.1) is 17.8 Å². The van der Waals surface area contributed by atoms with E-state index in [2.05, 4.69) is 39.9 Å². The van der Waals surface area contributed by atoms with Crippen molar-refractivity contribution in [3.8, 4) is 0 Å². The van der Waals surface area contributed by atoms with Crippen molar-refractivity contribution < 1.29 is 4.21 Å². The third kappa shape index (κ3) is 5.55. The molecule has 1 aliphatic carbocycles. The number of rotatable bonds is 7. The summed E-state index contributed by atoms with van der Waals surface area (Å²) >= 11 is 0. The average molecular weight is 288 g/mol. The van der Waals surface area contributed by atoms with Crippen molar-refractivity contribution in [2.75, 3.05) is 12.3 Å². The zero-order valence-corrected chi connectivity index (χ0v) is 14.3. The lowest BCUT2D eigenvalue weighted by Gasteiger charge is -2.38. The number of nitrogens with one attached hydrogen (secondary N) is 1. The zero-order chi connectivity index (χ0) is 14.4. The van der Waals surface area contributed by atoms with Crippen LogP contribution in [0.5, 0.6) is 0 Å². The second kappa shape index (κ2) is 8.41. The monoisotopic (exact) mass is 287 g/mol. The van der Waals surface area contributed by atoms with Gasteiger partial charge in [0.25, 0.3) is 0 Å². The van der Waals surface area contributed by atoms with Gasteiger partial charge in [-0.2, -0.15) is 0 Å². The van der Waals surface area contributed by atoms with E-state index in [9.17, 15) is 4.21 Å². The van der Waals surface area contributed by atoms with Gasteiger partial charge in [0.05, 0.1) is 5.25 Å². The smallest absolute Gasteiger partial charge is 0.0504 e. The minimum absolute atomic E-state index is 0.370. The normalized spacial score (nSPS) is 29.9. The lowest BCUT2D eigenvalue weighted by molar-refractivity contribution is 0.243. The Morgan fingerprint density at radius 1 is 1.21 bits per heavy atom. The maximum atomic E-state index is 12.6. The molecule has 4 unspecified atom stereocenters. The largest absolute Gasteiger partial charge is 0.313 e. The van der Waals surface area contributed by atoms with Gasteiger partial charge in [-0.15, -0.1) is 0 Å². The molecule has 0 radical (unpaired) electrons. The lowest BCUT2D eigenvalue weighted by atomic mass is 9.79. The predicted molar refractivity (Wildman–Crippen MR) is 85.9 cm³/mol. The van der Waals surface area contributed by atoms with Gasteiger partial charge in [-0.1, -0.05) is 34.6 Å². The average Bonchev–Trinajstić information content (AvgIpc) is 2.35. The van der Waals surface area contributed by atoms with Gasteiger partial charge >= 0.3 is 0 Å². The molecule has 1 fully saturated rings. The van der Waals surface area contributed by atoms with E-state index in [-0.39, 0.29) is 0 Å². The fourth-order valence-corrected chi connectivity index (χ4v) is 5.04. The fourth-order valence-electron chi connectivity index (χ4n) is 3.07. The Labute approximate surface area is 122 Å². The van der Waals surface area contributed by atoms with Gasteiger partial charge in [0, 0.05) is 22.6 Å². The van der Waals surface area contributed by atoms with Crippen molar-refractivity contribution in [2.45, 2.75) is 71.6 Å². The summed E-state index contributed by atoms with van der Waals surface area (Å²) in [4.78, 5) is 0. The predicted octanol–water partition coefficient (Wildman–Crippen LogP) is 3.58. The van der Waals surface area contributed by atoms with Gasteiger partial charge in [0.1, 0.15) is 0 Å². The Morgan fingerprint density at radius 3 is 2.42 bits per heavy atom. The molecule has 0 heterocycles. The topological polar surface area (TPSA) is 29.1 Å². The molecule has 0 aliphatic heterocycles. The van der Waals surface area contributed by atoms with Crippen molar-refractivity contribution in [2.24, 2.45) is 17.8 Å². The van der Waals surface area contributed by atoms with Gasteiger partial charge in [-0.25, -0.2) is 0 Å². The van der Waals surface area contributed by atoms with Crippen LogP contribution in [0.1, 0.15) is 60.3 Å². The van der Waals surface area contributed by atoms with Gasteiger partial charge < -0.3 is 5.32 Å². The highest BCUT2D eigenvalue weighted by Crippen LogP contribution is 2.33. The van der Waals surface area contributed by atoms with Crippen LogP contribution in [0.2, 0.25) is 0 Å². The van der Waals surface area contributed by atoms with Crippen LogP contribution in [0.15, 0.2) is 0 Å². The van der Waals surface area contributed by atoms with Crippen molar-refractivity contribution in [3.05, 3.63) is 0 Å². The first-order valence-electron chi connectivity index (χ1n) is 8.06. The molecule has 0 bridgehead atoms. The molecule has 4 atom stereocenters. The van der Waals surface area contributed by atoms with E-state index in [0.717, 1.165) is 37.0 Å². The van der Waals surface area contributed by atoms with Gasteiger partial charge in [0.2, 0.25) is 0 Å². The summed E-state index contributed by atoms with van der Waals surface area (Å²) < 4.78 is 12.6. The van der Waals surface area contributed by atoms with Crippen molar-refractivity contribution in [1.29, 1.82) is 0 Å². The molecule has 2 nitrogen and oxygen atoms in total. The minimum atomic E-state index is -0.670. The highest BCUT2D eigenvalue weighted by Gasteiger charge is 2.35. The maximum Gasteiger partial charge on any atom is 0.0504 e. The first-order valence-corrected chi connectivity index (χ1v) is 9.44. The lowest BCUT2D eigenvalue weighted by Crippen LogP contribution is -2.48. The molecule has 0 aromatic carbocycles. The standard InChI is InChI=1S/C16H33NOS/c1-6-9-17-15-8-7-14(13(4)5)10-16(15)19(18)11-12(2)3/h12-17H,6-11H2,1-5H3. The van der Waals surface area contributed by atoms with Crippen molar-refractivity contribution >= 4 is 10.8 Å². The van der Waals surface area contributed by atoms with E-state index >= 15 is 0 Å². The summed E-state index contributed by atoms with van der Waals surface area (Å²) in [6, 6.07) is 0.481. The van der Waals surface area contributed by atoms with Crippen molar-refractivity contribution in [1.82, 2.24) is 5.32 Å². The summed E-state index contributed by atoms with van der Waals surface area (Å²) in [5, 5.41) is 4.01. The Morgan fingerprint density at radius 2 is 1.89 bits per heavy atom. The van der Waals surface area contributed by atoms with Crippen LogP contribution in [0.25, 0.3) is 0 Å². The number of hydrogen-bond donors (Lipinski definition) is 1. The van der Waals surface area contributed by atoms with E-state index in [0.29, 0.717) is 17.2 Å². The van der Waals surface area contributed by atoms with Crippen LogP contribution in [0.3, 0.4) is 0 Å². The van der Waals surface area contributed by atoms with Crippen LogP contribution < -0.4 is 5.32 Å². The van der Waals surface area contributed by atoms with E-state index < -0.39 is 10.8 Å². The molecule has 1 N–H and O–H groups in total. The molecule has 1 rings (SSSR count). The molecule has 3 heteroatoms. The van der Waals surface area contributed by atoms with E-state index in [1.807, 2.05) is 0 Å². The number of hydrogen-bond acceptors (Lipinski definition) is 2. The molecular weight excluding hydrogens is 254 g/mol. The quantitative estimate of drug-likeness (QED) is 0.775. The second-order valence-corrected chi connectivity index (χ2v) is 8.56. The van der Waals surface area contributed by atoms with E-state index in [4.69, 9.17) is 0 Å². The third-order valence-electron chi connectivity index (χ3n) is 4.27. The Balaban J connectivity index is 2.67. The summed E-state index contributed by atoms with van der Waals surface area (Å²) in [6.07, 6.45) is 4.82. The summed E-state index contributed by atoms with van der Waals surface area (Å²) in [6.45, 7) is 12.2. The molecule has 0 aromatic heterocycles. The first-order chi connectivity index (χ1) is 8.95. The van der Waals surface area contributed by atoms with E-state index in [1.54, 1.807) is 0 Å². The Kier molecular flexibility index (Phi) is 7.60. The highest BCUT2D eigenvalue weighted by molar-refractivity contribution is 7.85. The summed E-state index contributed by atoms with van der Waals surface area (Å²) in [5.74, 6) is 2.89. The molecule has 1 aliphatic rings. The maximum absolute atomic E-state index is 12.6.